The number of esters is 1. The first kappa shape index (κ1) is 21.3. The first-order valence-corrected chi connectivity index (χ1v) is 10.5. The van der Waals surface area contributed by atoms with Crippen molar-refractivity contribution < 1.29 is 17.9 Å². The van der Waals surface area contributed by atoms with Gasteiger partial charge in [0.25, 0.3) is 0 Å². The number of nitrogens with one attached hydrogen (secondary N) is 1. The third-order valence-electron chi connectivity index (χ3n) is 4.21. The summed E-state index contributed by atoms with van der Waals surface area (Å²) in [6.45, 7) is 0.245. The molecule has 0 saturated carbocycles. The lowest BCUT2D eigenvalue weighted by molar-refractivity contribution is -0.140. The molecule has 27 heavy (non-hydrogen) atoms. The number of carbonyl (C=O) groups is 1. The number of halogens is 1. The first-order chi connectivity index (χ1) is 12.9. The van der Waals surface area contributed by atoms with Gasteiger partial charge in [0.2, 0.25) is 10.0 Å². The van der Waals surface area contributed by atoms with E-state index < -0.39 is 10.0 Å². The van der Waals surface area contributed by atoms with Crippen molar-refractivity contribution in [3.05, 3.63) is 59.4 Å². The van der Waals surface area contributed by atoms with Crippen LogP contribution in [0.2, 0.25) is 5.02 Å². The minimum absolute atomic E-state index is 0.0431. The molecule has 0 bridgehead atoms. The van der Waals surface area contributed by atoms with E-state index in [-0.39, 0.29) is 23.3 Å². The zero-order valence-electron chi connectivity index (χ0n) is 15.1. The highest BCUT2D eigenvalue weighted by molar-refractivity contribution is 7.89. The monoisotopic (exact) mass is 410 g/mol. The van der Waals surface area contributed by atoms with Gasteiger partial charge in [0.05, 0.1) is 12.0 Å². The lowest BCUT2D eigenvalue weighted by atomic mass is 9.94. The van der Waals surface area contributed by atoms with Crippen LogP contribution in [-0.2, 0) is 19.6 Å². The highest BCUT2D eigenvalue weighted by atomic mass is 35.5. The minimum atomic E-state index is -3.63. The number of pyridine rings is 1. The third-order valence-corrected chi connectivity index (χ3v) is 5.90. The Labute approximate surface area is 165 Å². The standard InChI is InChI=1S/C19H23ClN2O4S/c1-26-19(23)7-3-2-5-16(15-6-4-12-21-13-15)14-22-27(24,25)18-10-8-17(20)9-11-18/h4,6,8-13,16,22H,2-3,5,7,14H2,1H3. The minimum Gasteiger partial charge on any atom is -0.469 e. The summed E-state index contributed by atoms with van der Waals surface area (Å²) in [5, 5.41) is 0.479. The number of hydrogen-bond acceptors (Lipinski definition) is 5. The fourth-order valence-electron chi connectivity index (χ4n) is 2.67. The predicted molar refractivity (Wildman–Crippen MR) is 104 cm³/mol. The molecule has 1 unspecified atom stereocenters. The highest BCUT2D eigenvalue weighted by Crippen LogP contribution is 2.22. The van der Waals surface area contributed by atoms with E-state index >= 15 is 0 Å². The van der Waals surface area contributed by atoms with Gasteiger partial charge in [-0.25, -0.2) is 13.1 Å². The Morgan fingerprint density at radius 2 is 1.96 bits per heavy atom. The average molecular weight is 411 g/mol. The Balaban J connectivity index is 2.01. The Morgan fingerprint density at radius 1 is 1.22 bits per heavy atom. The molecule has 0 aliphatic carbocycles. The summed E-state index contributed by atoms with van der Waals surface area (Å²) in [5.74, 6) is -0.283. The lowest BCUT2D eigenvalue weighted by Crippen LogP contribution is -2.28. The number of carbonyl (C=O) groups excluding carboxylic acids is 1. The SMILES string of the molecule is COC(=O)CCCCC(CNS(=O)(=O)c1ccc(Cl)cc1)c1cccnc1. The van der Waals surface area contributed by atoms with E-state index in [0.717, 1.165) is 18.4 Å². The van der Waals surface area contributed by atoms with Crippen molar-refractivity contribution in [3.8, 4) is 0 Å². The van der Waals surface area contributed by atoms with Crippen molar-refractivity contribution in [3.63, 3.8) is 0 Å². The van der Waals surface area contributed by atoms with Crippen molar-refractivity contribution in [2.45, 2.75) is 36.5 Å². The van der Waals surface area contributed by atoms with Crippen LogP contribution >= 0.6 is 11.6 Å². The third kappa shape index (κ3) is 6.93. The quantitative estimate of drug-likeness (QED) is 0.478. The molecule has 1 aromatic carbocycles. The van der Waals surface area contributed by atoms with E-state index in [1.54, 1.807) is 24.5 Å². The molecule has 0 radical (unpaired) electrons. The summed E-state index contributed by atoms with van der Waals surface area (Å²) in [4.78, 5) is 15.5. The van der Waals surface area contributed by atoms with Crippen LogP contribution in [0.4, 0.5) is 0 Å². The molecular weight excluding hydrogens is 388 g/mol. The first-order valence-electron chi connectivity index (χ1n) is 8.64. The fourth-order valence-corrected chi connectivity index (χ4v) is 3.88. The Hall–Kier alpha value is -1.96. The number of benzene rings is 1. The molecule has 0 aliphatic rings. The number of methoxy groups -OCH3 is 1. The second-order valence-electron chi connectivity index (χ2n) is 6.11. The molecule has 0 aliphatic heterocycles. The van der Waals surface area contributed by atoms with Gasteiger partial charge >= 0.3 is 5.97 Å². The zero-order valence-corrected chi connectivity index (χ0v) is 16.7. The maximum atomic E-state index is 12.5. The van der Waals surface area contributed by atoms with E-state index in [4.69, 9.17) is 11.6 Å². The average Bonchev–Trinajstić information content (AvgIpc) is 2.68. The van der Waals surface area contributed by atoms with Crippen molar-refractivity contribution in [1.29, 1.82) is 0 Å². The van der Waals surface area contributed by atoms with Crippen LogP contribution in [-0.4, -0.2) is 33.0 Å². The van der Waals surface area contributed by atoms with Crippen LogP contribution in [0.5, 0.6) is 0 Å². The van der Waals surface area contributed by atoms with Crippen molar-refractivity contribution >= 4 is 27.6 Å². The molecule has 146 valence electrons. The van der Waals surface area contributed by atoms with Gasteiger partial charge < -0.3 is 4.74 Å². The second-order valence-corrected chi connectivity index (χ2v) is 8.31. The number of ether oxygens (including phenoxy) is 1. The molecule has 6 nitrogen and oxygen atoms in total. The summed E-state index contributed by atoms with van der Waals surface area (Å²) in [5.41, 5.74) is 0.953. The summed E-state index contributed by atoms with van der Waals surface area (Å²) >= 11 is 5.82. The Morgan fingerprint density at radius 3 is 2.59 bits per heavy atom. The maximum Gasteiger partial charge on any atom is 0.305 e. The van der Waals surface area contributed by atoms with Crippen LogP contribution in [0.1, 0.15) is 37.2 Å². The molecule has 1 N–H and O–H groups in total. The highest BCUT2D eigenvalue weighted by Gasteiger charge is 2.18. The zero-order chi connectivity index (χ0) is 19.7. The maximum absolute atomic E-state index is 12.5. The van der Waals surface area contributed by atoms with Gasteiger partial charge in [0.1, 0.15) is 0 Å². The lowest BCUT2D eigenvalue weighted by Gasteiger charge is -2.18. The van der Waals surface area contributed by atoms with E-state index in [9.17, 15) is 13.2 Å². The molecule has 0 saturated heterocycles. The van der Waals surface area contributed by atoms with Crippen LogP contribution in [0, 0.1) is 0 Å². The number of nitrogens with zero attached hydrogens (tertiary/aromatic N) is 1. The topological polar surface area (TPSA) is 85.4 Å². The molecule has 1 heterocycles. The number of rotatable bonds is 10. The molecule has 1 aromatic heterocycles. The number of hydrogen-bond donors (Lipinski definition) is 1. The Bertz CT molecular complexity index is 827. The van der Waals surface area contributed by atoms with Crippen LogP contribution in [0.3, 0.4) is 0 Å². The van der Waals surface area contributed by atoms with Gasteiger partial charge in [-0.1, -0.05) is 24.1 Å². The van der Waals surface area contributed by atoms with E-state index in [0.29, 0.717) is 17.9 Å². The van der Waals surface area contributed by atoms with Crippen LogP contribution in [0.15, 0.2) is 53.7 Å². The van der Waals surface area contributed by atoms with Gasteiger partial charge in [-0.3, -0.25) is 9.78 Å². The molecule has 0 spiro atoms. The molecular formula is C19H23ClN2O4S. The van der Waals surface area contributed by atoms with Gasteiger partial charge in [-0.05, 0) is 54.7 Å². The van der Waals surface area contributed by atoms with Gasteiger partial charge in [-0.2, -0.15) is 0 Å². The number of aromatic nitrogens is 1. The van der Waals surface area contributed by atoms with Gasteiger partial charge in [0, 0.05) is 30.4 Å². The van der Waals surface area contributed by atoms with Crippen molar-refractivity contribution in [1.82, 2.24) is 9.71 Å². The van der Waals surface area contributed by atoms with E-state index in [1.165, 1.54) is 19.2 Å². The van der Waals surface area contributed by atoms with Crippen molar-refractivity contribution in [2.75, 3.05) is 13.7 Å². The van der Waals surface area contributed by atoms with Crippen molar-refractivity contribution in [2.24, 2.45) is 0 Å². The number of sulfonamides is 1. The molecule has 2 aromatic rings. The Kier molecular flexibility index (Phi) is 8.22. The fraction of sp³-hybridized carbons (Fsp3) is 0.368. The van der Waals surface area contributed by atoms with E-state index in [2.05, 4.69) is 14.4 Å². The summed E-state index contributed by atoms with van der Waals surface area (Å²) in [6, 6.07) is 9.78. The van der Waals surface area contributed by atoms with Gasteiger partial charge in [0.15, 0.2) is 0 Å². The summed E-state index contributed by atoms with van der Waals surface area (Å²) in [6.07, 6.45) is 5.96. The second kappa shape index (κ2) is 10.4. The smallest absolute Gasteiger partial charge is 0.305 e. The van der Waals surface area contributed by atoms with Crippen LogP contribution < -0.4 is 4.72 Å². The molecule has 8 heteroatoms. The normalized spacial score (nSPS) is 12.5. The molecule has 0 fully saturated rings. The predicted octanol–water partition coefficient (Wildman–Crippen LogP) is 3.53. The summed E-state index contributed by atoms with van der Waals surface area (Å²) < 4.78 is 32.3. The molecule has 2 rings (SSSR count). The molecule has 1 atom stereocenters. The number of unbranched alkanes of at least 4 members (excludes halogenated alkanes) is 1. The largest absolute Gasteiger partial charge is 0.469 e. The molecule has 0 amide bonds. The summed E-state index contributed by atoms with van der Waals surface area (Å²) in [7, 11) is -2.26. The van der Waals surface area contributed by atoms with Gasteiger partial charge in [-0.15, -0.1) is 0 Å². The van der Waals surface area contributed by atoms with E-state index in [1.807, 2.05) is 12.1 Å². The van der Waals surface area contributed by atoms with Crippen LogP contribution in [0.25, 0.3) is 0 Å².